The van der Waals surface area contributed by atoms with Crippen molar-refractivity contribution < 1.29 is 14.1 Å². The average Bonchev–Trinajstić information content (AvgIpc) is 3.58. The van der Waals surface area contributed by atoms with Crippen molar-refractivity contribution >= 4 is 11.8 Å². The second-order valence-electron chi connectivity index (χ2n) is 10.0. The van der Waals surface area contributed by atoms with Crippen LogP contribution in [0, 0.1) is 19.3 Å². The lowest BCUT2D eigenvalue weighted by atomic mass is 10.1. The molecule has 0 saturated carbocycles. The Hall–Kier alpha value is -4.08. The first-order valence-corrected chi connectivity index (χ1v) is 13.7. The minimum Gasteiger partial charge on any atom is -0.355 e. The summed E-state index contributed by atoms with van der Waals surface area (Å²) in [4.78, 5) is 33.4. The summed E-state index contributed by atoms with van der Waals surface area (Å²) in [5, 5.41) is 18.5. The second kappa shape index (κ2) is 14.9. The summed E-state index contributed by atoms with van der Waals surface area (Å²) < 4.78 is 7.07. The molecule has 0 aliphatic carbocycles. The van der Waals surface area contributed by atoms with Gasteiger partial charge in [0.25, 0.3) is 0 Å². The van der Waals surface area contributed by atoms with Crippen molar-refractivity contribution in [1.82, 2.24) is 45.6 Å². The van der Waals surface area contributed by atoms with Crippen LogP contribution in [0.25, 0.3) is 11.4 Å². The number of aromatic nitrogens is 5. The van der Waals surface area contributed by atoms with Crippen LogP contribution >= 0.6 is 0 Å². The molecule has 1 saturated heterocycles. The van der Waals surface area contributed by atoms with Crippen molar-refractivity contribution in [2.24, 2.45) is 0 Å². The van der Waals surface area contributed by atoms with E-state index in [-0.39, 0.29) is 18.4 Å². The molecule has 1 aromatic carbocycles. The van der Waals surface area contributed by atoms with Gasteiger partial charge in [0.2, 0.25) is 23.5 Å². The van der Waals surface area contributed by atoms with Crippen LogP contribution in [0.5, 0.6) is 0 Å². The third-order valence-corrected chi connectivity index (χ3v) is 6.54. The standard InChI is InChI=1S/C28H37N9O3/c1-3-14-35-15-6-7-16-36(20-26(39)30-13-5-4-12-29-25(38)19-35)17-24-18-37(34-32-24)21-27-31-28(33-40-27)23-10-8-22(2)9-11-23/h1,8-11,18H,4-7,12-17,19-21H2,2H3,(H,29,38)(H,30,39). The highest BCUT2D eigenvalue weighted by Gasteiger charge is 2.16. The van der Waals surface area contributed by atoms with Gasteiger partial charge in [-0.25, -0.2) is 4.68 Å². The number of benzene rings is 1. The van der Waals surface area contributed by atoms with Crippen molar-refractivity contribution in [3.63, 3.8) is 0 Å². The molecule has 1 aliphatic rings. The molecular weight excluding hydrogens is 510 g/mol. The molecule has 3 heterocycles. The zero-order valence-corrected chi connectivity index (χ0v) is 23.0. The highest BCUT2D eigenvalue weighted by molar-refractivity contribution is 5.78. The number of carbonyl (C=O) groups is 2. The highest BCUT2D eigenvalue weighted by atomic mass is 16.5. The fourth-order valence-corrected chi connectivity index (χ4v) is 4.45. The maximum absolute atomic E-state index is 12.6. The molecule has 3 aromatic rings. The molecule has 1 fully saturated rings. The highest BCUT2D eigenvalue weighted by Crippen LogP contribution is 2.16. The van der Waals surface area contributed by atoms with Gasteiger partial charge in [0, 0.05) is 25.2 Å². The summed E-state index contributed by atoms with van der Waals surface area (Å²) in [6.07, 6.45) is 10.6. The third-order valence-electron chi connectivity index (χ3n) is 6.54. The summed E-state index contributed by atoms with van der Waals surface area (Å²) >= 11 is 0. The Kier molecular flexibility index (Phi) is 10.8. The van der Waals surface area contributed by atoms with Crippen molar-refractivity contribution in [3.05, 3.63) is 47.6 Å². The summed E-state index contributed by atoms with van der Waals surface area (Å²) in [7, 11) is 0. The zero-order chi connectivity index (χ0) is 28.2. The predicted molar refractivity (Wildman–Crippen MR) is 149 cm³/mol. The van der Waals surface area contributed by atoms with E-state index >= 15 is 0 Å². The number of amides is 2. The van der Waals surface area contributed by atoms with Crippen LogP contribution in [-0.2, 0) is 22.7 Å². The fourth-order valence-electron chi connectivity index (χ4n) is 4.45. The van der Waals surface area contributed by atoms with Gasteiger partial charge >= 0.3 is 0 Å². The van der Waals surface area contributed by atoms with Gasteiger partial charge in [-0.3, -0.25) is 19.4 Å². The molecule has 12 heteroatoms. The van der Waals surface area contributed by atoms with E-state index in [1.54, 1.807) is 4.68 Å². The summed E-state index contributed by atoms with van der Waals surface area (Å²) in [5.74, 6) is 3.54. The Balaban J connectivity index is 1.35. The molecule has 12 nitrogen and oxygen atoms in total. The molecule has 1 aliphatic heterocycles. The number of rotatable bonds is 6. The van der Waals surface area contributed by atoms with E-state index in [0.717, 1.165) is 42.5 Å². The molecule has 4 rings (SSSR count). The van der Waals surface area contributed by atoms with E-state index in [0.29, 0.717) is 64.1 Å². The van der Waals surface area contributed by atoms with Crippen LogP contribution in [0.2, 0.25) is 0 Å². The van der Waals surface area contributed by atoms with Crippen LogP contribution in [0.1, 0.15) is 42.8 Å². The minimum atomic E-state index is -0.0352. The van der Waals surface area contributed by atoms with Gasteiger partial charge in [-0.05, 0) is 45.7 Å². The average molecular weight is 548 g/mol. The summed E-state index contributed by atoms with van der Waals surface area (Å²) in [6.45, 7) is 6.33. The number of nitrogens with one attached hydrogen (secondary N) is 2. The Bertz CT molecular complexity index is 1280. The van der Waals surface area contributed by atoms with Crippen molar-refractivity contribution in [1.29, 1.82) is 0 Å². The fraction of sp³-hybridized carbons (Fsp3) is 0.500. The van der Waals surface area contributed by atoms with Gasteiger partial charge in [-0.15, -0.1) is 11.5 Å². The number of carbonyl (C=O) groups excluding carboxylic acids is 2. The molecule has 0 bridgehead atoms. The number of hydrogen-bond donors (Lipinski definition) is 2. The van der Waals surface area contributed by atoms with E-state index in [2.05, 4.69) is 41.9 Å². The van der Waals surface area contributed by atoms with Crippen LogP contribution in [0.3, 0.4) is 0 Å². The first-order valence-electron chi connectivity index (χ1n) is 13.7. The molecule has 0 spiro atoms. The molecule has 40 heavy (non-hydrogen) atoms. The van der Waals surface area contributed by atoms with Crippen LogP contribution in [0.15, 0.2) is 35.0 Å². The minimum absolute atomic E-state index is 0.0250. The lowest BCUT2D eigenvalue weighted by molar-refractivity contribution is -0.123. The van der Waals surface area contributed by atoms with Crippen LogP contribution in [0.4, 0.5) is 0 Å². The lowest BCUT2D eigenvalue weighted by Gasteiger charge is -2.23. The SMILES string of the molecule is C#CCN1CCCCN(Cc2cn(Cc3nc(-c4ccc(C)cc4)no3)nn2)CC(=O)NCCCCNC(=O)C1. The van der Waals surface area contributed by atoms with Crippen molar-refractivity contribution in [2.75, 3.05) is 45.8 Å². The normalized spacial score (nSPS) is 17.2. The molecular formula is C28H37N9O3. The van der Waals surface area contributed by atoms with Gasteiger partial charge in [-0.2, -0.15) is 4.98 Å². The van der Waals surface area contributed by atoms with E-state index in [4.69, 9.17) is 10.9 Å². The Morgan fingerprint density at radius 3 is 2.33 bits per heavy atom. The molecule has 0 radical (unpaired) electrons. The Morgan fingerprint density at radius 2 is 1.62 bits per heavy atom. The topological polar surface area (TPSA) is 134 Å². The zero-order valence-electron chi connectivity index (χ0n) is 23.0. The molecule has 2 amide bonds. The first kappa shape index (κ1) is 28.9. The van der Waals surface area contributed by atoms with E-state index < -0.39 is 0 Å². The smallest absolute Gasteiger partial charge is 0.248 e. The lowest BCUT2D eigenvalue weighted by Crippen LogP contribution is -2.40. The van der Waals surface area contributed by atoms with E-state index in [1.807, 2.05) is 42.3 Å². The second-order valence-corrected chi connectivity index (χ2v) is 10.0. The summed E-state index contributed by atoms with van der Waals surface area (Å²) in [5.41, 5.74) is 2.79. The van der Waals surface area contributed by atoms with E-state index in [1.165, 1.54) is 0 Å². The largest absolute Gasteiger partial charge is 0.355 e. The van der Waals surface area contributed by atoms with Crippen molar-refractivity contribution in [2.45, 2.75) is 45.7 Å². The molecule has 212 valence electrons. The van der Waals surface area contributed by atoms with E-state index in [9.17, 15) is 9.59 Å². The quantitative estimate of drug-likeness (QED) is 0.437. The predicted octanol–water partition coefficient (Wildman–Crippen LogP) is 1.23. The monoisotopic (exact) mass is 547 g/mol. The number of hydrogen-bond acceptors (Lipinski definition) is 9. The Morgan fingerprint density at radius 1 is 0.950 bits per heavy atom. The summed E-state index contributed by atoms with van der Waals surface area (Å²) in [6, 6.07) is 7.93. The van der Waals surface area contributed by atoms with Gasteiger partial charge in [0.05, 0.1) is 31.5 Å². The maximum Gasteiger partial charge on any atom is 0.248 e. The third kappa shape index (κ3) is 9.29. The van der Waals surface area contributed by atoms with Gasteiger partial charge < -0.3 is 15.2 Å². The van der Waals surface area contributed by atoms with Crippen molar-refractivity contribution in [3.8, 4) is 23.7 Å². The Labute approximate surface area is 234 Å². The van der Waals surface area contributed by atoms with Crippen LogP contribution in [-0.4, -0.2) is 92.6 Å². The molecule has 2 aromatic heterocycles. The first-order chi connectivity index (χ1) is 19.5. The molecule has 0 atom stereocenters. The van der Waals surface area contributed by atoms with Gasteiger partial charge in [-0.1, -0.05) is 46.1 Å². The van der Waals surface area contributed by atoms with Gasteiger partial charge in [0.15, 0.2) is 0 Å². The number of terminal acetylenes is 1. The maximum atomic E-state index is 12.6. The number of aryl methyl sites for hydroxylation is 1. The van der Waals surface area contributed by atoms with Gasteiger partial charge in [0.1, 0.15) is 6.54 Å². The molecule has 2 N–H and O–H groups in total. The van der Waals surface area contributed by atoms with Crippen LogP contribution < -0.4 is 10.6 Å². The molecule has 0 unspecified atom stereocenters. The number of nitrogens with zero attached hydrogens (tertiary/aromatic N) is 7.